The van der Waals surface area contributed by atoms with Crippen LogP contribution in [0.3, 0.4) is 0 Å². The maximum atomic E-state index is 11.6. The first kappa shape index (κ1) is 14.8. The predicted octanol–water partition coefficient (Wildman–Crippen LogP) is -0.503. The van der Waals surface area contributed by atoms with Crippen LogP contribution in [0.15, 0.2) is 0 Å². The Labute approximate surface area is 107 Å². The molecule has 1 saturated heterocycles. The maximum absolute atomic E-state index is 11.6. The van der Waals surface area contributed by atoms with E-state index in [0.717, 1.165) is 13.1 Å². The average molecular weight is 255 g/mol. The second kappa shape index (κ2) is 6.06. The lowest BCUT2D eigenvalue weighted by atomic mass is 9.88. The van der Waals surface area contributed by atoms with E-state index in [1.165, 1.54) is 0 Å². The fraction of sp³-hybridized carbons (Fsp3) is 0.750. The molecule has 0 aromatic heterocycles. The molecule has 0 aromatic carbocycles. The summed E-state index contributed by atoms with van der Waals surface area (Å²) >= 11 is 0. The number of hydrogen-bond acceptors (Lipinski definition) is 5. The largest absolute Gasteiger partial charge is 0.314 e. The molecule has 0 unspecified atom stereocenters. The number of rotatable bonds is 4. The van der Waals surface area contributed by atoms with Gasteiger partial charge in [0.2, 0.25) is 5.78 Å². The highest BCUT2D eigenvalue weighted by atomic mass is 16.2. The zero-order valence-corrected chi connectivity index (χ0v) is 11.2. The zero-order valence-electron chi connectivity index (χ0n) is 11.2. The molecule has 0 saturated carbocycles. The molecule has 1 aliphatic heterocycles. The van der Waals surface area contributed by atoms with E-state index in [9.17, 15) is 14.4 Å². The van der Waals surface area contributed by atoms with Gasteiger partial charge < -0.3 is 5.32 Å². The topological polar surface area (TPSA) is 78.5 Å². The summed E-state index contributed by atoms with van der Waals surface area (Å²) < 4.78 is 0. The van der Waals surface area contributed by atoms with E-state index in [1.54, 1.807) is 25.8 Å². The molecule has 0 atom stereocenters. The van der Waals surface area contributed by atoms with Crippen LogP contribution >= 0.6 is 0 Å². The molecule has 6 nitrogen and oxygen atoms in total. The molecule has 102 valence electrons. The maximum Gasteiger partial charge on any atom is 0.302 e. The Morgan fingerprint density at radius 1 is 1.17 bits per heavy atom. The molecule has 1 amide bonds. The van der Waals surface area contributed by atoms with Crippen LogP contribution in [0.1, 0.15) is 27.2 Å². The van der Waals surface area contributed by atoms with Crippen molar-refractivity contribution in [2.24, 2.45) is 5.41 Å². The molecule has 0 radical (unpaired) electrons. The SMILES string of the molecule is CC(C)(C)C(=O)CC(=O)C(=O)NN1CCNCC1. The van der Waals surface area contributed by atoms with E-state index in [0.29, 0.717) is 13.1 Å². The third kappa shape index (κ3) is 4.54. The molecular formula is C12H21N3O3. The Hall–Kier alpha value is -1.27. The zero-order chi connectivity index (χ0) is 13.8. The van der Waals surface area contributed by atoms with Crippen molar-refractivity contribution in [3.63, 3.8) is 0 Å². The quantitative estimate of drug-likeness (QED) is 0.523. The Kier molecular flexibility index (Phi) is 4.98. The second-order valence-corrected chi connectivity index (χ2v) is 5.45. The Morgan fingerprint density at radius 3 is 2.22 bits per heavy atom. The number of amides is 1. The molecule has 0 aliphatic carbocycles. The van der Waals surface area contributed by atoms with Gasteiger partial charge >= 0.3 is 5.91 Å². The number of ketones is 2. The molecule has 1 heterocycles. The van der Waals surface area contributed by atoms with Gasteiger partial charge in [-0.15, -0.1) is 0 Å². The first-order valence-electron chi connectivity index (χ1n) is 6.13. The van der Waals surface area contributed by atoms with Crippen molar-refractivity contribution in [3.05, 3.63) is 0 Å². The number of nitrogens with zero attached hydrogens (tertiary/aromatic N) is 1. The van der Waals surface area contributed by atoms with Gasteiger partial charge in [0.1, 0.15) is 5.78 Å². The number of hydrogen-bond donors (Lipinski definition) is 2. The van der Waals surface area contributed by atoms with Gasteiger partial charge in [-0.3, -0.25) is 19.8 Å². The smallest absolute Gasteiger partial charge is 0.302 e. The molecule has 0 bridgehead atoms. The van der Waals surface area contributed by atoms with Crippen molar-refractivity contribution in [2.75, 3.05) is 26.2 Å². The highest BCUT2D eigenvalue weighted by molar-refractivity contribution is 6.39. The van der Waals surface area contributed by atoms with E-state index in [2.05, 4.69) is 10.7 Å². The number of piperazine rings is 1. The lowest BCUT2D eigenvalue weighted by Gasteiger charge is -2.27. The molecule has 6 heteroatoms. The summed E-state index contributed by atoms with van der Waals surface area (Å²) in [6.07, 6.45) is -0.332. The summed E-state index contributed by atoms with van der Waals surface area (Å²) in [5.41, 5.74) is 1.94. The first-order chi connectivity index (χ1) is 8.30. The minimum Gasteiger partial charge on any atom is -0.314 e. The van der Waals surface area contributed by atoms with Crippen molar-refractivity contribution in [3.8, 4) is 0 Å². The van der Waals surface area contributed by atoms with E-state index in [1.807, 2.05) is 0 Å². The molecule has 18 heavy (non-hydrogen) atoms. The number of carbonyl (C=O) groups is 3. The molecule has 1 aliphatic rings. The summed E-state index contributed by atoms with van der Waals surface area (Å²) in [5.74, 6) is -1.59. The second-order valence-electron chi connectivity index (χ2n) is 5.45. The lowest BCUT2D eigenvalue weighted by Crippen LogP contribution is -2.53. The van der Waals surface area contributed by atoms with Crippen molar-refractivity contribution in [1.82, 2.24) is 15.8 Å². The van der Waals surface area contributed by atoms with Crippen molar-refractivity contribution < 1.29 is 14.4 Å². The van der Waals surface area contributed by atoms with Gasteiger partial charge in [-0.25, -0.2) is 5.01 Å². The molecule has 1 rings (SSSR count). The third-order valence-corrected chi connectivity index (χ3v) is 2.79. The Balaban J connectivity index is 2.41. The fourth-order valence-corrected chi connectivity index (χ4v) is 1.47. The van der Waals surface area contributed by atoms with Crippen LogP contribution in [0.2, 0.25) is 0 Å². The van der Waals surface area contributed by atoms with Crippen LogP contribution in [-0.4, -0.2) is 48.7 Å². The van der Waals surface area contributed by atoms with Gasteiger partial charge in [0.15, 0.2) is 0 Å². The average Bonchev–Trinajstić information content (AvgIpc) is 2.28. The molecular weight excluding hydrogens is 234 g/mol. The summed E-state index contributed by atoms with van der Waals surface area (Å²) in [6, 6.07) is 0. The highest BCUT2D eigenvalue weighted by Crippen LogP contribution is 2.16. The van der Waals surface area contributed by atoms with E-state index in [4.69, 9.17) is 0 Å². The van der Waals surface area contributed by atoms with Gasteiger partial charge in [-0.2, -0.15) is 0 Å². The predicted molar refractivity (Wildman–Crippen MR) is 66.7 cm³/mol. The lowest BCUT2D eigenvalue weighted by molar-refractivity contribution is -0.144. The van der Waals surface area contributed by atoms with Crippen molar-refractivity contribution >= 4 is 17.5 Å². The van der Waals surface area contributed by atoms with Gasteiger partial charge in [0.05, 0.1) is 6.42 Å². The van der Waals surface area contributed by atoms with E-state index < -0.39 is 17.1 Å². The van der Waals surface area contributed by atoms with Crippen LogP contribution in [0.25, 0.3) is 0 Å². The van der Waals surface area contributed by atoms with Gasteiger partial charge in [0, 0.05) is 31.6 Å². The molecule has 0 aromatic rings. The number of carbonyl (C=O) groups excluding carboxylic acids is 3. The fourth-order valence-electron chi connectivity index (χ4n) is 1.47. The van der Waals surface area contributed by atoms with Crippen LogP contribution in [-0.2, 0) is 14.4 Å². The van der Waals surface area contributed by atoms with E-state index in [-0.39, 0.29) is 12.2 Å². The first-order valence-corrected chi connectivity index (χ1v) is 6.13. The molecule has 0 spiro atoms. The Morgan fingerprint density at radius 2 is 1.72 bits per heavy atom. The number of hydrazine groups is 1. The standard InChI is InChI=1S/C12H21N3O3/c1-12(2,3)10(17)8-9(16)11(18)14-15-6-4-13-5-7-15/h13H,4-8H2,1-3H3,(H,14,18). The van der Waals surface area contributed by atoms with Crippen molar-refractivity contribution in [1.29, 1.82) is 0 Å². The van der Waals surface area contributed by atoms with Gasteiger partial charge in [-0.1, -0.05) is 20.8 Å². The van der Waals surface area contributed by atoms with Crippen LogP contribution in [0.5, 0.6) is 0 Å². The minimum atomic E-state index is -0.700. The summed E-state index contributed by atoms with van der Waals surface area (Å²) in [6.45, 7) is 8.06. The van der Waals surface area contributed by atoms with Crippen molar-refractivity contribution in [2.45, 2.75) is 27.2 Å². The van der Waals surface area contributed by atoms with Crippen LogP contribution in [0, 0.1) is 5.41 Å². The third-order valence-electron chi connectivity index (χ3n) is 2.79. The highest BCUT2D eigenvalue weighted by Gasteiger charge is 2.27. The van der Waals surface area contributed by atoms with Crippen LogP contribution < -0.4 is 10.7 Å². The number of Topliss-reactive ketones (excluding diaryl/α,β-unsaturated/α-hetero) is 2. The molecule has 1 fully saturated rings. The molecule has 2 N–H and O–H groups in total. The summed E-state index contributed by atoms with van der Waals surface area (Å²) in [4.78, 5) is 34.8. The number of nitrogens with one attached hydrogen (secondary N) is 2. The normalized spacial score (nSPS) is 17.3. The minimum absolute atomic E-state index is 0.219. The summed E-state index contributed by atoms with van der Waals surface area (Å²) in [7, 11) is 0. The summed E-state index contributed by atoms with van der Waals surface area (Å²) in [5, 5.41) is 4.83. The van der Waals surface area contributed by atoms with Gasteiger partial charge in [0.25, 0.3) is 0 Å². The van der Waals surface area contributed by atoms with E-state index >= 15 is 0 Å². The monoisotopic (exact) mass is 255 g/mol. The van der Waals surface area contributed by atoms with Gasteiger partial charge in [-0.05, 0) is 0 Å². The Bertz CT molecular complexity index is 341. The van der Waals surface area contributed by atoms with Crippen LogP contribution in [0.4, 0.5) is 0 Å².